The Morgan fingerprint density at radius 3 is 2.81 bits per heavy atom. The molecule has 0 amide bonds. The van der Waals surface area contributed by atoms with Gasteiger partial charge >= 0.3 is 0 Å². The number of hydrogen-bond donors (Lipinski definition) is 1. The number of imidazole rings is 1. The topological polar surface area (TPSA) is 63.5 Å². The number of fused-ring (bicyclic) bond motifs is 1. The zero-order chi connectivity index (χ0) is 14.9. The van der Waals surface area contributed by atoms with Gasteiger partial charge < -0.3 is 0 Å². The number of nitrogens with zero attached hydrogens (tertiary/aromatic N) is 2. The van der Waals surface area contributed by atoms with Gasteiger partial charge in [0.1, 0.15) is 0 Å². The van der Waals surface area contributed by atoms with E-state index in [9.17, 15) is 8.42 Å². The molecular weight excluding hydrogens is 330 g/mol. The molecule has 0 saturated carbocycles. The van der Waals surface area contributed by atoms with Gasteiger partial charge in [-0.05, 0) is 12.0 Å². The summed E-state index contributed by atoms with van der Waals surface area (Å²) in [7, 11) is -3.69. The number of sulfonamides is 1. The molecule has 3 aromatic rings. The standard InChI is InChI=1S/C13H12ClN3O2S2/c14-11-12(17-8-9-20-13(17)16-11)21(18,19)15-7-6-10-4-2-1-3-5-10/h1-5,8-9,15H,6-7H2. The predicted molar refractivity (Wildman–Crippen MR) is 83.4 cm³/mol. The summed E-state index contributed by atoms with van der Waals surface area (Å²) in [5.41, 5.74) is 1.07. The fourth-order valence-electron chi connectivity index (χ4n) is 2.02. The van der Waals surface area contributed by atoms with E-state index in [1.807, 2.05) is 30.3 Å². The number of aromatic nitrogens is 2. The fourth-order valence-corrected chi connectivity index (χ4v) is 4.50. The molecule has 2 aromatic heterocycles. The summed E-state index contributed by atoms with van der Waals surface area (Å²) in [4.78, 5) is 4.59. The van der Waals surface area contributed by atoms with Crippen LogP contribution in [0.25, 0.3) is 4.96 Å². The van der Waals surface area contributed by atoms with Gasteiger partial charge in [-0.25, -0.2) is 18.1 Å². The summed E-state index contributed by atoms with van der Waals surface area (Å²) >= 11 is 7.28. The van der Waals surface area contributed by atoms with Gasteiger partial charge in [0.2, 0.25) is 0 Å². The Kier molecular flexibility index (Phi) is 3.99. The lowest BCUT2D eigenvalue weighted by atomic mass is 10.2. The summed E-state index contributed by atoms with van der Waals surface area (Å²) in [6.45, 7) is 0.306. The first kappa shape index (κ1) is 14.5. The molecule has 1 aromatic carbocycles. The van der Waals surface area contributed by atoms with Gasteiger partial charge in [0.15, 0.2) is 15.1 Å². The number of nitrogens with one attached hydrogen (secondary N) is 1. The largest absolute Gasteiger partial charge is 0.279 e. The zero-order valence-electron chi connectivity index (χ0n) is 10.9. The minimum atomic E-state index is -3.69. The maximum Gasteiger partial charge on any atom is 0.259 e. The van der Waals surface area contributed by atoms with E-state index in [0.29, 0.717) is 17.9 Å². The molecule has 0 atom stereocenters. The fraction of sp³-hybridized carbons (Fsp3) is 0.154. The molecule has 1 N–H and O–H groups in total. The van der Waals surface area contributed by atoms with Crippen molar-refractivity contribution in [1.82, 2.24) is 14.1 Å². The van der Waals surface area contributed by atoms with Gasteiger partial charge in [-0.15, -0.1) is 11.3 Å². The zero-order valence-corrected chi connectivity index (χ0v) is 13.2. The molecule has 0 spiro atoms. The lowest BCUT2D eigenvalue weighted by molar-refractivity contribution is 0.577. The number of benzene rings is 1. The smallest absolute Gasteiger partial charge is 0.259 e. The molecule has 0 aliphatic carbocycles. The third-order valence-electron chi connectivity index (χ3n) is 2.98. The van der Waals surface area contributed by atoms with Gasteiger partial charge in [0.05, 0.1) is 0 Å². The van der Waals surface area contributed by atoms with Gasteiger partial charge in [0, 0.05) is 18.1 Å². The average Bonchev–Trinajstić information content (AvgIpc) is 2.99. The van der Waals surface area contributed by atoms with Crippen molar-refractivity contribution >= 4 is 37.9 Å². The maximum atomic E-state index is 12.4. The Bertz CT molecular complexity index is 856. The summed E-state index contributed by atoms with van der Waals surface area (Å²) in [5, 5.41) is 1.75. The normalized spacial score (nSPS) is 12.0. The molecule has 0 bridgehead atoms. The first-order valence-electron chi connectivity index (χ1n) is 6.22. The molecule has 2 heterocycles. The van der Waals surface area contributed by atoms with Crippen LogP contribution in [0.4, 0.5) is 0 Å². The van der Waals surface area contributed by atoms with Crippen LogP contribution in [0.5, 0.6) is 0 Å². The second-order valence-corrected chi connectivity index (χ2v) is 7.31. The first-order valence-corrected chi connectivity index (χ1v) is 8.96. The van der Waals surface area contributed by atoms with E-state index in [1.165, 1.54) is 15.7 Å². The highest BCUT2D eigenvalue weighted by Crippen LogP contribution is 2.25. The molecule has 0 radical (unpaired) electrons. The van der Waals surface area contributed by atoms with E-state index in [4.69, 9.17) is 11.6 Å². The first-order chi connectivity index (χ1) is 10.1. The van der Waals surface area contributed by atoms with Crippen molar-refractivity contribution in [2.75, 3.05) is 6.54 Å². The Labute approximate surface area is 131 Å². The minimum absolute atomic E-state index is 0.00550. The molecule has 110 valence electrons. The number of thiazole rings is 1. The lowest BCUT2D eigenvalue weighted by Crippen LogP contribution is -2.27. The van der Waals surface area contributed by atoms with Crippen LogP contribution in [0.15, 0.2) is 46.9 Å². The van der Waals surface area contributed by atoms with Crippen LogP contribution in [0.2, 0.25) is 5.15 Å². The average molecular weight is 342 g/mol. The second kappa shape index (κ2) is 5.76. The van der Waals surface area contributed by atoms with Crippen LogP contribution < -0.4 is 4.72 Å². The van der Waals surface area contributed by atoms with Crippen molar-refractivity contribution in [3.05, 3.63) is 52.6 Å². The van der Waals surface area contributed by atoms with Gasteiger partial charge in [-0.3, -0.25) is 4.40 Å². The third kappa shape index (κ3) is 2.96. The highest BCUT2D eigenvalue weighted by molar-refractivity contribution is 7.89. The number of halogens is 1. The van der Waals surface area contributed by atoms with E-state index in [-0.39, 0.29) is 10.2 Å². The van der Waals surface area contributed by atoms with Crippen LogP contribution in [0, 0.1) is 0 Å². The van der Waals surface area contributed by atoms with E-state index in [1.54, 1.807) is 11.6 Å². The molecule has 21 heavy (non-hydrogen) atoms. The number of hydrogen-bond acceptors (Lipinski definition) is 4. The van der Waals surface area contributed by atoms with Crippen LogP contribution in [0.1, 0.15) is 5.56 Å². The van der Waals surface area contributed by atoms with Crippen LogP contribution in [-0.2, 0) is 16.4 Å². The molecule has 0 fully saturated rings. The molecule has 0 unspecified atom stereocenters. The summed E-state index contributed by atoms with van der Waals surface area (Å²) < 4.78 is 28.8. The van der Waals surface area contributed by atoms with Gasteiger partial charge in [-0.1, -0.05) is 41.9 Å². The summed E-state index contributed by atoms with van der Waals surface area (Å²) in [6, 6.07) is 9.68. The van der Waals surface area contributed by atoms with E-state index < -0.39 is 10.0 Å². The monoisotopic (exact) mass is 341 g/mol. The third-order valence-corrected chi connectivity index (χ3v) is 5.60. The highest BCUT2D eigenvalue weighted by atomic mass is 35.5. The molecule has 0 aliphatic heterocycles. The Morgan fingerprint density at radius 1 is 1.29 bits per heavy atom. The second-order valence-electron chi connectivity index (χ2n) is 4.40. The SMILES string of the molecule is O=S(=O)(NCCc1ccccc1)c1c(Cl)nc2sccn12. The van der Waals surface area contributed by atoms with E-state index in [0.717, 1.165) is 5.56 Å². The van der Waals surface area contributed by atoms with Gasteiger partial charge in [-0.2, -0.15) is 0 Å². The minimum Gasteiger partial charge on any atom is -0.279 e. The Hall–Kier alpha value is -1.41. The van der Waals surface area contributed by atoms with Crippen molar-refractivity contribution in [1.29, 1.82) is 0 Å². The van der Waals surface area contributed by atoms with Crippen molar-refractivity contribution in [2.24, 2.45) is 0 Å². The molecule has 8 heteroatoms. The molecule has 0 aliphatic rings. The number of rotatable bonds is 5. The molecular formula is C13H12ClN3O2S2. The van der Waals surface area contributed by atoms with E-state index in [2.05, 4.69) is 9.71 Å². The lowest BCUT2D eigenvalue weighted by Gasteiger charge is -2.06. The van der Waals surface area contributed by atoms with Crippen LogP contribution >= 0.6 is 22.9 Å². The Morgan fingerprint density at radius 2 is 2.05 bits per heavy atom. The van der Waals surface area contributed by atoms with Crippen molar-refractivity contribution in [3.63, 3.8) is 0 Å². The van der Waals surface area contributed by atoms with Crippen LogP contribution in [0.3, 0.4) is 0 Å². The van der Waals surface area contributed by atoms with E-state index >= 15 is 0 Å². The van der Waals surface area contributed by atoms with Crippen molar-refractivity contribution < 1.29 is 8.42 Å². The molecule has 3 rings (SSSR count). The molecule has 0 saturated heterocycles. The predicted octanol–water partition coefficient (Wildman–Crippen LogP) is 2.57. The summed E-state index contributed by atoms with van der Waals surface area (Å²) in [6.07, 6.45) is 2.26. The maximum absolute atomic E-state index is 12.4. The van der Waals surface area contributed by atoms with Crippen molar-refractivity contribution in [3.8, 4) is 0 Å². The van der Waals surface area contributed by atoms with Crippen LogP contribution in [-0.4, -0.2) is 24.3 Å². The van der Waals surface area contributed by atoms with Crippen molar-refractivity contribution in [2.45, 2.75) is 11.4 Å². The molecule has 5 nitrogen and oxygen atoms in total. The quantitative estimate of drug-likeness (QED) is 0.775. The Balaban J connectivity index is 1.78. The van der Waals surface area contributed by atoms with Gasteiger partial charge in [0.25, 0.3) is 10.0 Å². The summed E-state index contributed by atoms with van der Waals surface area (Å²) in [5.74, 6) is 0. The highest BCUT2D eigenvalue weighted by Gasteiger charge is 2.24.